The minimum atomic E-state index is -1.16. The number of benzene rings is 3. The van der Waals surface area contributed by atoms with Crippen molar-refractivity contribution < 1.29 is 54.4 Å². The Morgan fingerprint density at radius 1 is 1.07 bits per heavy atom. The van der Waals surface area contributed by atoms with Gasteiger partial charge in [0.05, 0.1) is 12.7 Å². The first kappa shape index (κ1) is 39.6. The van der Waals surface area contributed by atoms with Crippen LogP contribution in [0.5, 0.6) is 11.5 Å². The molecule has 1 aliphatic heterocycles. The molecule has 0 saturated carbocycles. The summed E-state index contributed by atoms with van der Waals surface area (Å²) >= 11 is 6.15. The van der Waals surface area contributed by atoms with E-state index < -0.39 is 8.38 Å². The third kappa shape index (κ3) is 11.3. The predicted octanol–water partition coefficient (Wildman–Crippen LogP) is 9.68. The molecule has 3 aromatic rings. The van der Waals surface area contributed by atoms with Crippen LogP contribution in [0.15, 0.2) is 54.6 Å². The monoisotopic (exact) mass is 822 g/mol. The number of carbonyl (C=O) groups excluding carboxylic acids is 1. The van der Waals surface area contributed by atoms with E-state index >= 15 is 0 Å². The summed E-state index contributed by atoms with van der Waals surface area (Å²) in [5.74, 6) is 1.60. The summed E-state index contributed by atoms with van der Waals surface area (Å²) < 4.78 is 23.2. The van der Waals surface area contributed by atoms with Crippen molar-refractivity contribution in [1.29, 1.82) is 0 Å². The minimum absolute atomic E-state index is 0. The molecule has 4 rings (SSSR count). The van der Waals surface area contributed by atoms with Gasteiger partial charge in [0.15, 0.2) is 12.8 Å². The van der Waals surface area contributed by atoms with Gasteiger partial charge in [-0.1, -0.05) is 55.3 Å². The van der Waals surface area contributed by atoms with Gasteiger partial charge >= 0.3 is 31.1 Å². The summed E-state index contributed by atoms with van der Waals surface area (Å²) in [6, 6.07) is 17.9. The molecule has 0 amide bonds. The van der Waals surface area contributed by atoms with Crippen LogP contribution in [0.25, 0.3) is 0 Å². The fourth-order valence-electron chi connectivity index (χ4n) is 4.43. The minimum Gasteiger partial charge on any atom is -0.610 e. The molecule has 1 heterocycles. The predicted molar refractivity (Wildman–Crippen MR) is 168 cm³/mol. The molecule has 2 atom stereocenters. The van der Waals surface area contributed by atoms with E-state index in [2.05, 4.69) is 52.8 Å². The number of hydrogen-bond donors (Lipinski definition) is 0. The van der Waals surface area contributed by atoms with Crippen molar-refractivity contribution in [2.45, 2.75) is 59.5 Å². The van der Waals surface area contributed by atoms with Gasteiger partial charge in [0.1, 0.15) is 5.75 Å². The van der Waals surface area contributed by atoms with Crippen molar-refractivity contribution in [2.75, 3.05) is 13.0 Å². The zero-order chi connectivity index (χ0) is 27.7. The number of aryl methyl sites for hydroxylation is 2. The van der Waals surface area contributed by atoms with Gasteiger partial charge in [0, 0.05) is 11.4 Å². The van der Waals surface area contributed by atoms with Crippen LogP contribution in [-0.4, -0.2) is 19.4 Å². The molecular formula is C33H42ClO5PU. The van der Waals surface area contributed by atoms with Gasteiger partial charge in [-0.2, -0.15) is 6.92 Å². The fourth-order valence-corrected chi connectivity index (χ4v) is 5.90. The molecule has 0 spiro atoms. The van der Waals surface area contributed by atoms with Crippen LogP contribution in [0, 0.1) is 66.7 Å². The van der Waals surface area contributed by atoms with E-state index in [4.69, 9.17) is 30.1 Å². The van der Waals surface area contributed by atoms with Crippen molar-refractivity contribution in [1.82, 2.24) is 0 Å². The Morgan fingerprint density at radius 3 is 2.37 bits per heavy atom. The maximum absolute atomic E-state index is 10.7. The largest absolute Gasteiger partial charge is 4.00 e. The van der Waals surface area contributed by atoms with E-state index in [1.165, 1.54) is 12.0 Å². The fraction of sp³-hybridized carbons (Fsp3) is 0.333. The molecule has 3 aromatic carbocycles. The van der Waals surface area contributed by atoms with Gasteiger partial charge < -0.3 is 45.1 Å². The van der Waals surface area contributed by atoms with Crippen molar-refractivity contribution in [2.24, 2.45) is 0 Å². The number of rotatable bonds is 9. The van der Waals surface area contributed by atoms with Crippen molar-refractivity contribution in [3.63, 3.8) is 0 Å². The third-order valence-corrected chi connectivity index (χ3v) is 7.85. The van der Waals surface area contributed by atoms with E-state index in [-0.39, 0.29) is 58.0 Å². The summed E-state index contributed by atoms with van der Waals surface area (Å²) in [7, 11) is -1.16. The van der Waals surface area contributed by atoms with Crippen molar-refractivity contribution >= 4 is 26.4 Å². The average Bonchev–Trinajstić information content (AvgIpc) is 2.91. The SMILES string of the molecule is Cc1cc(OCP2OCCC(c3cccc(Cl)c3)O2)cc(C)c1Cc1ccc(O[C-]=O)c(C(C)C)c1.[CH2-]C.[CH3-].[CH3-].[U+4]. The number of ether oxygens (including phenoxy) is 2. The van der Waals surface area contributed by atoms with Crippen molar-refractivity contribution in [3.8, 4) is 11.5 Å². The van der Waals surface area contributed by atoms with Crippen LogP contribution in [0.1, 0.15) is 72.6 Å². The Balaban J connectivity index is 0.00000313. The Labute approximate surface area is 278 Å². The van der Waals surface area contributed by atoms with E-state index in [1.807, 2.05) is 36.4 Å². The van der Waals surface area contributed by atoms with Gasteiger partial charge in [-0.05, 0) is 84.0 Å². The standard InChI is InChI=1S/C29H31ClO5P.C2H5.2CH3.U/c1-19(2)26-14-22(8-9-29(26)32-17-31)15-27-20(3)12-25(13-21(27)4)33-18-36-34-11-10-28(35-36)23-6-5-7-24(30)16-23;1-2;;;/h5-9,12-14,16,19,28H,10-11,15,18H2,1-4H3;1H2,2H3;2*1H3;/q4*-1;+4. The second-order valence-electron chi connectivity index (χ2n) is 9.30. The van der Waals surface area contributed by atoms with E-state index in [0.717, 1.165) is 46.4 Å². The molecule has 0 radical (unpaired) electrons. The maximum atomic E-state index is 10.7. The average molecular weight is 823 g/mol. The first-order chi connectivity index (χ1) is 18.3. The maximum Gasteiger partial charge on any atom is 4.00 e. The zero-order valence-electron chi connectivity index (χ0n) is 25.3. The zero-order valence-corrected chi connectivity index (χ0v) is 31.1. The van der Waals surface area contributed by atoms with E-state index in [9.17, 15) is 4.79 Å². The molecular weight excluding hydrogens is 781 g/mol. The molecule has 1 fully saturated rings. The van der Waals surface area contributed by atoms with Crippen LogP contribution in [0.2, 0.25) is 5.02 Å². The normalized spacial score (nSPS) is 15.7. The number of hydrogen-bond acceptors (Lipinski definition) is 5. The number of halogens is 1. The van der Waals surface area contributed by atoms with Gasteiger partial charge in [0.2, 0.25) is 8.38 Å². The molecule has 220 valence electrons. The van der Waals surface area contributed by atoms with Crippen LogP contribution in [0.4, 0.5) is 0 Å². The summed E-state index contributed by atoms with van der Waals surface area (Å²) in [5, 5.41) is 0.707. The molecule has 8 heteroatoms. The second kappa shape index (κ2) is 19.7. The van der Waals surface area contributed by atoms with Crippen LogP contribution < -0.4 is 9.47 Å². The Morgan fingerprint density at radius 2 is 1.76 bits per heavy atom. The molecule has 5 nitrogen and oxygen atoms in total. The Kier molecular flexibility index (Phi) is 19.1. The summed E-state index contributed by atoms with van der Waals surface area (Å²) in [4.78, 5) is 10.7. The van der Waals surface area contributed by atoms with Crippen LogP contribution in [-0.2, 0) is 20.3 Å². The van der Waals surface area contributed by atoms with Gasteiger partial charge in [-0.3, -0.25) is 0 Å². The van der Waals surface area contributed by atoms with E-state index in [0.29, 0.717) is 23.7 Å². The molecule has 2 unspecified atom stereocenters. The van der Waals surface area contributed by atoms with Crippen LogP contribution in [0.3, 0.4) is 0 Å². The van der Waals surface area contributed by atoms with E-state index in [1.54, 1.807) is 6.92 Å². The van der Waals surface area contributed by atoms with Gasteiger partial charge in [-0.25, -0.2) is 0 Å². The Bertz CT molecular complexity index is 1200. The smallest absolute Gasteiger partial charge is 0.610 e. The third-order valence-electron chi connectivity index (χ3n) is 6.32. The molecule has 0 bridgehead atoms. The summed E-state index contributed by atoms with van der Waals surface area (Å²) in [5.41, 5.74) is 6.80. The van der Waals surface area contributed by atoms with Gasteiger partial charge in [-0.15, -0.1) is 6.07 Å². The second-order valence-corrected chi connectivity index (χ2v) is 11.1. The molecule has 41 heavy (non-hydrogen) atoms. The summed E-state index contributed by atoms with van der Waals surface area (Å²) in [6.07, 6.45) is 1.92. The molecule has 0 N–H and O–H groups in total. The first-order valence-corrected chi connectivity index (χ1v) is 14.5. The topological polar surface area (TPSA) is 54.0 Å². The van der Waals surface area contributed by atoms with Gasteiger partial charge in [0.25, 0.3) is 0 Å². The van der Waals surface area contributed by atoms with Crippen molar-refractivity contribution in [3.05, 3.63) is 115 Å². The molecule has 0 aromatic heterocycles. The Hall–Kier alpha value is -1.38. The quantitative estimate of drug-likeness (QED) is 0.159. The van der Waals surface area contributed by atoms with Crippen LogP contribution >= 0.6 is 20.0 Å². The molecule has 0 aliphatic carbocycles. The summed E-state index contributed by atoms with van der Waals surface area (Å²) in [6.45, 7) is 15.5. The first-order valence-electron chi connectivity index (χ1n) is 12.8. The molecule has 1 saturated heterocycles. The molecule has 1 aliphatic rings.